The zero-order chi connectivity index (χ0) is 13.1. The first-order chi connectivity index (χ1) is 9.40. The van der Waals surface area contributed by atoms with Gasteiger partial charge in [-0.2, -0.15) is 11.8 Å². The molecule has 3 rings (SSSR count). The molecule has 1 N–H and O–H groups in total. The molecule has 104 valence electrons. The van der Waals surface area contributed by atoms with Crippen molar-refractivity contribution in [3.63, 3.8) is 0 Å². The Kier molecular flexibility index (Phi) is 4.34. The van der Waals surface area contributed by atoms with E-state index < -0.39 is 0 Å². The van der Waals surface area contributed by atoms with Crippen molar-refractivity contribution in [1.82, 2.24) is 5.32 Å². The van der Waals surface area contributed by atoms with Crippen molar-refractivity contribution in [1.29, 1.82) is 0 Å². The molecule has 1 saturated heterocycles. The van der Waals surface area contributed by atoms with Gasteiger partial charge in [0, 0.05) is 16.9 Å². The topological polar surface area (TPSA) is 21.3 Å². The van der Waals surface area contributed by atoms with Gasteiger partial charge in [-0.15, -0.1) is 0 Å². The molecule has 2 nitrogen and oxygen atoms in total. The highest BCUT2D eigenvalue weighted by molar-refractivity contribution is 8.00. The third-order valence-corrected chi connectivity index (χ3v) is 5.66. The number of ether oxygens (including phenoxy) is 1. The third-order valence-electron chi connectivity index (χ3n) is 4.20. The summed E-state index contributed by atoms with van der Waals surface area (Å²) in [6.45, 7) is 0.873. The van der Waals surface area contributed by atoms with Crippen molar-refractivity contribution in [2.45, 2.75) is 43.4 Å². The lowest BCUT2D eigenvalue weighted by Gasteiger charge is -2.32. The van der Waals surface area contributed by atoms with Crippen LogP contribution in [-0.4, -0.2) is 24.7 Å². The van der Waals surface area contributed by atoms with E-state index in [1.165, 1.54) is 41.9 Å². The first-order valence-corrected chi connectivity index (χ1v) is 8.48. The minimum absolute atomic E-state index is 0.429. The van der Waals surface area contributed by atoms with Crippen LogP contribution in [0.5, 0.6) is 5.75 Å². The number of para-hydroxylation sites is 1. The Bertz CT molecular complexity index is 429. The fraction of sp³-hybridized carbons (Fsp3) is 0.625. The van der Waals surface area contributed by atoms with Crippen molar-refractivity contribution in [3.8, 4) is 5.75 Å². The zero-order valence-electron chi connectivity index (χ0n) is 11.7. The van der Waals surface area contributed by atoms with Crippen LogP contribution >= 0.6 is 11.8 Å². The lowest BCUT2D eigenvalue weighted by Crippen LogP contribution is -2.30. The number of benzene rings is 1. The molecule has 0 bridgehead atoms. The quantitative estimate of drug-likeness (QED) is 0.913. The molecule has 2 unspecified atom stereocenters. The Morgan fingerprint density at radius 1 is 1.32 bits per heavy atom. The molecule has 0 spiro atoms. The normalized spacial score (nSPS) is 24.4. The highest BCUT2D eigenvalue weighted by Gasteiger charge is 2.28. The Morgan fingerprint density at radius 3 is 3.05 bits per heavy atom. The zero-order valence-corrected chi connectivity index (χ0v) is 12.5. The molecular weight excluding hydrogens is 254 g/mol. The van der Waals surface area contributed by atoms with Crippen LogP contribution in [0, 0.1) is 0 Å². The molecule has 1 fully saturated rings. The van der Waals surface area contributed by atoms with Gasteiger partial charge in [-0.1, -0.05) is 24.6 Å². The van der Waals surface area contributed by atoms with Crippen LogP contribution in [0.1, 0.15) is 42.9 Å². The van der Waals surface area contributed by atoms with Gasteiger partial charge >= 0.3 is 0 Å². The SMILES string of the molecule is CNC(c1cccc2c1OCCC2)C1CCCCS1. The second-order valence-corrected chi connectivity index (χ2v) is 6.81. The average molecular weight is 277 g/mol. The monoisotopic (exact) mass is 277 g/mol. The first-order valence-electron chi connectivity index (χ1n) is 7.43. The molecule has 0 radical (unpaired) electrons. The fourth-order valence-electron chi connectivity index (χ4n) is 3.23. The van der Waals surface area contributed by atoms with E-state index in [-0.39, 0.29) is 0 Å². The standard InChI is InChI=1S/C16H23NOS/c1-17-15(14-9-2-3-11-19-14)13-8-4-6-12-7-5-10-18-16(12)13/h4,6,8,14-15,17H,2-3,5,7,9-11H2,1H3. The van der Waals surface area contributed by atoms with Gasteiger partial charge in [-0.25, -0.2) is 0 Å². The van der Waals surface area contributed by atoms with Gasteiger partial charge in [0.2, 0.25) is 0 Å². The summed E-state index contributed by atoms with van der Waals surface area (Å²) in [5.41, 5.74) is 2.77. The number of nitrogens with one attached hydrogen (secondary N) is 1. The van der Waals surface area contributed by atoms with Gasteiger partial charge in [0.1, 0.15) is 5.75 Å². The van der Waals surface area contributed by atoms with Gasteiger partial charge in [0.25, 0.3) is 0 Å². The number of aryl methyl sites for hydroxylation is 1. The summed E-state index contributed by atoms with van der Waals surface area (Å²) in [7, 11) is 2.09. The predicted octanol–water partition coefficient (Wildman–Crippen LogP) is 3.56. The Morgan fingerprint density at radius 2 is 2.26 bits per heavy atom. The van der Waals surface area contributed by atoms with Crippen LogP contribution in [0.3, 0.4) is 0 Å². The minimum Gasteiger partial charge on any atom is -0.493 e. The van der Waals surface area contributed by atoms with Crippen LogP contribution in [-0.2, 0) is 6.42 Å². The van der Waals surface area contributed by atoms with E-state index in [4.69, 9.17) is 4.74 Å². The Hall–Kier alpha value is -0.670. The average Bonchev–Trinajstić information content (AvgIpc) is 2.49. The lowest BCUT2D eigenvalue weighted by molar-refractivity contribution is 0.281. The Balaban J connectivity index is 1.90. The fourth-order valence-corrected chi connectivity index (χ4v) is 4.71. The number of hydrogen-bond acceptors (Lipinski definition) is 3. The third kappa shape index (κ3) is 2.77. The Labute approximate surface area is 120 Å². The molecule has 0 aliphatic carbocycles. The van der Waals surface area contributed by atoms with Gasteiger partial charge in [0.05, 0.1) is 6.61 Å². The van der Waals surface area contributed by atoms with Crippen molar-refractivity contribution in [2.24, 2.45) is 0 Å². The van der Waals surface area contributed by atoms with E-state index in [1.807, 2.05) is 0 Å². The van der Waals surface area contributed by atoms with E-state index >= 15 is 0 Å². The molecule has 0 amide bonds. The summed E-state index contributed by atoms with van der Waals surface area (Å²) >= 11 is 2.12. The van der Waals surface area contributed by atoms with Crippen molar-refractivity contribution in [2.75, 3.05) is 19.4 Å². The summed E-state index contributed by atoms with van der Waals surface area (Å²) < 4.78 is 5.98. The predicted molar refractivity (Wildman–Crippen MR) is 82.2 cm³/mol. The van der Waals surface area contributed by atoms with Crippen LogP contribution < -0.4 is 10.1 Å². The largest absolute Gasteiger partial charge is 0.493 e. The maximum atomic E-state index is 5.98. The molecule has 2 aliphatic heterocycles. The second-order valence-electron chi connectivity index (χ2n) is 5.46. The van der Waals surface area contributed by atoms with Crippen molar-refractivity contribution in [3.05, 3.63) is 29.3 Å². The van der Waals surface area contributed by atoms with Gasteiger partial charge < -0.3 is 10.1 Å². The molecule has 2 heterocycles. The van der Waals surface area contributed by atoms with Crippen molar-refractivity contribution >= 4 is 11.8 Å². The van der Waals surface area contributed by atoms with Gasteiger partial charge in [0.15, 0.2) is 0 Å². The number of hydrogen-bond donors (Lipinski definition) is 1. The summed E-state index contributed by atoms with van der Waals surface area (Å²) in [5, 5.41) is 4.23. The first kappa shape index (κ1) is 13.3. The molecule has 19 heavy (non-hydrogen) atoms. The van der Waals surface area contributed by atoms with Crippen LogP contribution in [0.25, 0.3) is 0 Å². The highest BCUT2D eigenvalue weighted by Crippen LogP contribution is 2.40. The van der Waals surface area contributed by atoms with Crippen molar-refractivity contribution < 1.29 is 4.74 Å². The van der Waals surface area contributed by atoms with Gasteiger partial charge in [-0.05, 0) is 44.0 Å². The molecule has 3 heteroatoms. The minimum atomic E-state index is 0.429. The van der Waals surface area contributed by atoms with E-state index in [2.05, 4.69) is 42.3 Å². The summed E-state index contributed by atoms with van der Waals surface area (Å²) in [6, 6.07) is 7.10. The van der Waals surface area contributed by atoms with Crippen LogP contribution in [0.2, 0.25) is 0 Å². The molecule has 1 aromatic rings. The van der Waals surface area contributed by atoms with E-state index in [1.54, 1.807) is 0 Å². The lowest BCUT2D eigenvalue weighted by atomic mass is 9.94. The molecule has 1 aromatic carbocycles. The summed E-state index contributed by atoms with van der Waals surface area (Å²) in [4.78, 5) is 0. The van der Waals surface area contributed by atoms with Gasteiger partial charge in [-0.3, -0.25) is 0 Å². The smallest absolute Gasteiger partial charge is 0.127 e. The van der Waals surface area contributed by atoms with Crippen LogP contribution in [0.4, 0.5) is 0 Å². The number of rotatable bonds is 3. The molecule has 2 aliphatic rings. The molecule has 0 aromatic heterocycles. The highest BCUT2D eigenvalue weighted by atomic mass is 32.2. The molecule has 0 saturated carbocycles. The van der Waals surface area contributed by atoms with E-state index in [9.17, 15) is 0 Å². The second kappa shape index (κ2) is 6.19. The summed E-state index contributed by atoms with van der Waals surface area (Å²) in [6.07, 6.45) is 6.38. The maximum Gasteiger partial charge on any atom is 0.127 e. The molecule has 2 atom stereocenters. The van der Waals surface area contributed by atoms with E-state index in [0.29, 0.717) is 11.3 Å². The van der Waals surface area contributed by atoms with E-state index in [0.717, 1.165) is 19.4 Å². The van der Waals surface area contributed by atoms with Crippen LogP contribution in [0.15, 0.2) is 18.2 Å². The summed E-state index contributed by atoms with van der Waals surface area (Å²) in [5.74, 6) is 2.47. The molecular formula is C16H23NOS. The maximum absolute atomic E-state index is 5.98. The number of thioether (sulfide) groups is 1. The number of fused-ring (bicyclic) bond motifs is 1.